The summed E-state index contributed by atoms with van der Waals surface area (Å²) in [5.41, 5.74) is 5.01. The molecule has 0 aliphatic carbocycles. The Labute approximate surface area is 154 Å². The monoisotopic (exact) mass is 371 g/mol. The number of carbonyl (C=O) groups excluding carboxylic acids is 1. The maximum absolute atomic E-state index is 12.5. The van der Waals surface area contributed by atoms with Crippen LogP contribution in [0.15, 0.2) is 51.9 Å². The highest BCUT2D eigenvalue weighted by atomic mass is 32.1. The van der Waals surface area contributed by atoms with Crippen LogP contribution in [0.4, 0.5) is 0 Å². The van der Waals surface area contributed by atoms with Crippen LogP contribution in [-0.2, 0) is 13.1 Å². The molecular weight excluding hydrogens is 354 g/mol. The van der Waals surface area contributed by atoms with E-state index in [1.165, 1.54) is 4.68 Å². The zero-order valence-electron chi connectivity index (χ0n) is 14.0. The van der Waals surface area contributed by atoms with Crippen molar-refractivity contribution >= 4 is 34.0 Å². The van der Waals surface area contributed by atoms with Crippen LogP contribution >= 0.6 is 12.2 Å². The molecule has 1 aromatic carbocycles. The number of carbonyl (C=O) groups is 1. The van der Waals surface area contributed by atoms with Gasteiger partial charge in [0.2, 0.25) is 0 Å². The van der Waals surface area contributed by atoms with Crippen molar-refractivity contribution in [1.82, 2.24) is 25.9 Å². The number of rotatable bonds is 4. The molecule has 8 nitrogen and oxygen atoms in total. The number of nitrogens with one attached hydrogen (secondary N) is 3. The first-order valence-electron chi connectivity index (χ1n) is 7.96. The second-order valence-corrected chi connectivity index (χ2v) is 5.76. The van der Waals surface area contributed by atoms with Crippen molar-refractivity contribution < 1.29 is 9.21 Å². The van der Waals surface area contributed by atoms with Gasteiger partial charge in [0.15, 0.2) is 10.8 Å². The van der Waals surface area contributed by atoms with Crippen molar-refractivity contribution in [3.8, 4) is 0 Å². The van der Waals surface area contributed by atoms with Gasteiger partial charge in [-0.25, -0.2) is 4.68 Å². The van der Waals surface area contributed by atoms with Crippen LogP contribution in [0.5, 0.6) is 0 Å². The topological polar surface area (TPSA) is 101 Å². The normalized spacial score (nSPS) is 10.5. The van der Waals surface area contributed by atoms with Crippen LogP contribution in [-0.4, -0.2) is 20.8 Å². The first kappa shape index (κ1) is 17.6. The molecule has 9 heteroatoms. The molecule has 0 aliphatic rings. The van der Waals surface area contributed by atoms with Crippen LogP contribution in [0.25, 0.3) is 10.8 Å². The number of hydrogen-bond donors (Lipinski definition) is 3. The largest absolute Gasteiger partial charge is 0.467 e. The van der Waals surface area contributed by atoms with Gasteiger partial charge in [-0.15, -0.1) is 0 Å². The van der Waals surface area contributed by atoms with Crippen molar-refractivity contribution in [3.05, 3.63) is 64.5 Å². The van der Waals surface area contributed by atoms with E-state index in [9.17, 15) is 9.59 Å². The number of furan rings is 1. The molecule has 26 heavy (non-hydrogen) atoms. The van der Waals surface area contributed by atoms with Crippen molar-refractivity contribution in [2.75, 3.05) is 0 Å². The number of hydrogen-bond acceptors (Lipinski definition) is 5. The number of aromatic nitrogens is 2. The predicted molar refractivity (Wildman–Crippen MR) is 100 cm³/mol. The average Bonchev–Trinajstić information content (AvgIpc) is 3.18. The minimum Gasteiger partial charge on any atom is -0.467 e. The summed E-state index contributed by atoms with van der Waals surface area (Å²) < 4.78 is 6.44. The van der Waals surface area contributed by atoms with E-state index in [0.717, 1.165) is 0 Å². The summed E-state index contributed by atoms with van der Waals surface area (Å²) in [6, 6.07) is 10.4. The summed E-state index contributed by atoms with van der Waals surface area (Å²) >= 11 is 5.11. The van der Waals surface area contributed by atoms with E-state index in [-0.39, 0.29) is 16.4 Å². The summed E-state index contributed by atoms with van der Waals surface area (Å²) in [7, 11) is 0. The molecule has 0 radical (unpaired) electrons. The molecule has 0 fully saturated rings. The molecule has 0 unspecified atom stereocenters. The summed E-state index contributed by atoms with van der Waals surface area (Å²) in [6.07, 6.45) is 1.56. The van der Waals surface area contributed by atoms with Crippen LogP contribution in [0.2, 0.25) is 0 Å². The smallest absolute Gasteiger partial charge is 0.290 e. The van der Waals surface area contributed by atoms with Gasteiger partial charge >= 0.3 is 0 Å². The average molecular weight is 371 g/mol. The minimum atomic E-state index is -0.495. The minimum absolute atomic E-state index is 0.142. The standard InChI is InChI=1S/C17H17N5O3S/c1-2-22-16(24)13-8-4-3-7-12(13)14(21-22)15(23)19-20-17(26)18-10-11-6-5-9-25-11/h3-9H,2,10H2,1H3,(H,19,23)(H2,18,20,26). The Kier molecular flexibility index (Phi) is 5.28. The first-order chi connectivity index (χ1) is 12.6. The number of thiocarbonyl (C=S) groups is 1. The fourth-order valence-electron chi connectivity index (χ4n) is 2.41. The lowest BCUT2D eigenvalue weighted by Crippen LogP contribution is -2.47. The van der Waals surface area contributed by atoms with Gasteiger partial charge < -0.3 is 9.73 Å². The lowest BCUT2D eigenvalue weighted by atomic mass is 10.1. The Hall–Kier alpha value is -3.20. The van der Waals surface area contributed by atoms with Gasteiger partial charge in [-0.2, -0.15) is 5.10 Å². The molecule has 1 amide bonds. The molecule has 2 aromatic heterocycles. The molecule has 3 N–H and O–H groups in total. The van der Waals surface area contributed by atoms with E-state index in [0.29, 0.717) is 29.6 Å². The summed E-state index contributed by atoms with van der Waals surface area (Å²) in [6.45, 7) is 2.54. The fraction of sp³-hybridized carbons (Fsp3) is 0.176. The van der Waals surface area contributed by atoms with Gasteiger partial charge in [0.25, 0.3) is 11.5 Å². The second kappa shape index (κ2) is 7.79. The lowest BCUT2D eigenvalue weighted by molar-refractivity contribution is 0.0938. The second-order valence-electron chi connectivity index (χ2n) is 5.36. The van der Waals surface area contributed by atoms with Crippen LogP contribution in [0.3, 0.4) is 0 Å². The zero-order chi connectivity index (χ0) is 18.5. The molecule has 0 saturated heterocycles. The third-order valence-electron chi connectivity index (χ3n) is 3.68. The highest BCUT2D eigenvalue weighted by Gasteiger charge is 2.16. The van der Waals surface area contributed by atoms with Crippen LogP contribution in [0.1, 0.15) is 23.2 Å². The summed E-state index contributed by atoms with van der Waals surface area (Å²) in [4.78, 5) is 24.8. The zero-order valence-corrected chi connectivity index (χ0v) is 14.8. The molecule has 134 valence electrons. The van der Waals surface area contributed by atoms with Gasteiger partial charge in [0.1, 0.15) is 5.76 Å². The highest BCUT2D eigenvalue weighted by molar-refractivity contribution is 7.80. The third-order valence-corrected chi connectivity index (χ3v) is 3.92. The highest BCUT2D eigenvalue weighted by Crippen LogP contribution is 2.12. The van der Waals surface area contributed by atoms with E-state index >= 15 is 0 Å². The van der Waals surface area contributed by atoms with Gasteiger partial charge in [-0.1, -0.05) is 18.2 Å². The van der Waals surface area contributed by atoms with E-state index in [1.54, 1.807) is 49.6 Å². The SMILES string of the molecule is CCn1nc(C(=O)NNC(=S)NCc2ccco2)c2ccccc2c1=O. The Morgan fingerprint density at radius 2 is 1.96 bits per heavy atom. The lowest BCUT2D eigenvalue weighted by Gasteiger charge is -2.12. The predicted octanol–water partition coefficient (Wildman–Crippen LogP) is 1.32. The first-order valence-corrected chi connectivity index (χ1v) is 8.37. The number of amides is 1. The molecule has 0 atom stereocenters. The summed E-state index contributed by atoms with van der Waals surface area (Å²) in [5.74, 6) is 0.216. The number of aryl methyl sites for hydroxylation is 1. The Morgan fingerprint density at radius 3 is 2.65 bits per heavy atom. The molecule has 3 rings (SSSR count). The fourth-order valence-corrected chi connectivity index (χ4v) is 2.54. The van der Waals surface area contributed by atoms with Gasteiger partial charge in [-0.05, 0) is 37.3 Å². The van der Waals surface area contributed by atoms with Gasteiger partial charge in [0.05, 0.1) is 18.2 Å². The molecule has 0 spiro atoms. The maximum Gasteiger partial charge on any atom is 0.290 e. The van der Waals surface area contributed by atoms with E-state index in [1.807, 2.05) is 0 Å². The van der Waals surface area contributed by atoms with Crippen molar-refractivity contribution in [1.29, 1.82) is 0 Å². The van der Waals surface area contributed by atoms with Crippen molar-refractivity contribution in [2.45, 2.75) is 20.0 Å². The Balaban J connectivity index is 1.72. The van der Waals surface area contributed by atoms with E-state index < -0.39 is 5.91 Å². The third kappa shape index (κ3) is 3.72. The Bertz CT molecular complexity index is 997. The quantitative estimate of drug-likeness (QED) is 0.470. The Morgan fingerprint density at radius 1 is 1.19 bits per heavy atom. The molecule has 3 aromatic rings. The summed E-state index contributed by atoms with van der Waals surface area (Å²) in [5, 5.41) is 8.20. The van der Waals surface area contributed by atoms with Crippen molar-refractivity contribution in [2.24, 2.45) is 0 Å². The molecule has 0 aliphatic heterocycles. The van der Waals surface area contributed by atoms with E-state index in [2.05, 4.69) is 21.3 Å². The molecular formula is C17H17N5O3S. The number of hydrazine groups is 1. The van der Waals surface area contributed by atoms with E-state index in [4.69, 9.17) is 16.6 Å². The van der Waals surface area contributed by atoms with Gasteiger partial charge in [-0.3, -0.25) is 20.4 Å². The number of nitrogens with zero attached hydrogens (tertiary/aromatic N) is 2. The van der Waals surface area contributed by atoms with Crippen LogP contribution < -0.4 is 21.7 Å². The molecule has 0 saturated carbocycles. The molecule has 2 heterocycles. The number of benzene rings is 1. The number of fused-ring (bicyclic) bond motifs is 1. The van der Waals surface area contributed by atoms with Gasteiger partial charge in [0, 0.05) is 11.9 Å². The molecule has 0 bridgehead atoms. The van der Waals surface area contributed by atoms with Crippen LogP contribution in [0, 0.1) is 0 Å². The maximum atomic E-state index is 12.5. The van der Waals surface area contributed by atoms with Crippen molar-refractivity contribution in [3.63, 3.8) is 0 Å².